The van der Waals surface area contributed by atoms with Gasteiger partial charge < -0.3 is 15.6 Å². The fourth-order valence-corrected chi connectivity index (χ4v) is 3.52. The summed E-state index contributed by atoms with van der Waals surface area (Å²) in [5.41, 5.74) is 8.17. The van der Waals surface area contributed by atoms with Crippen LogP contribution < -0.4 is 11.1 Å². The van der Waals surface area contributed by atoms with E-state index in [1.807, 2.05) is 24.5 Å². The molecule has 0 saturated carbocycles. The predicted molar refractivity (Wildman–Crippen MR) is 124 cm³/mol. The van der Waals surface area contributed by atoms with Crippen LogP contribution in [0.25, 0.3) is 11.0 Å². The second kappa shape index (κ2) is 8.83. The molecule has 0 aromatic carbocycles. The molecule has 162 valence electrons. The van der Waals surface area contributed by atoms with Crippen LogP contribution in [0.1, 0.15) is 41.5 Å². The zero-order chi connectivity index (χ0) is 22.8. The molecule has 0 bridgehead atoms. The number of hydrogen-bond acceptors (Lipinski definition) is 7. The molecule has 3 N–H and O–H groups in total. The molecule has 0 aliphatic carbocycles. The molecule has 0 fully saturated rings. The Kier molecular flexibility index (Phi) is 5.95. The van der Waals surface area contributed by atoms with Crippen LogP contribution in [0.3, 0.4) is 0 Å². The molecule has 4 aromatic rings. The molecule has 0 unspecified atom stereocenters. The number of pyridine rings is 2. The van der Waals surface area contributed by atoms with E-state index in [4.69, 9.17) is 5.73 Å². The maximum absolute atomic E-state index is 13.3. The van der Waals surface area contributed by atoms with Crippen LogP contribution in [0.15, 0.2) is 53.7 Å². The minimum atomic E-state index is -0.258. The molecule has 0 spiro atoms. The Morgan fingerprint density at radius 3 is 2.69 bits per heavy atom. The molecule has 0 radical (unpaired) electrons. The number of aromatic nitrogens is 5. The summed E-state index contributed by atoms with van der Waals surface area (Å²) >= 11 is 3.32. The first-order valence-corrected chi connectivity index (χ1v) is 10.6. The Balaban J connectivity index is 1.59. The van der Waals surface area contributed by atoms with E-state index in [1.54, 1.807) is 30.7 Å². The van der Waals surface area contributed by atoms with E-state index in [0.29, 0.717) is 33.5 Å². The topological polar surface area (TPSA) is 129 Å². The van der Waals surface area contributed by atoms with Gasteiger partial charge in [0.25, 0.3) is 0 Å². The predicted octanol–water partition coefficient (Wildman–Crippen LogP) is 3.56. The number of fused-ring (bicyclic) bond motifs is 1. The summed E-state index contributed by atoms with van der Waals surface area (Å²) in [6, 6.07) is 5.26. The summed E-state index contributed by atoms with van der Waals surface area (Å²) < 4.78 is 2.72. The number of nitrogen functional groups attached to an aromatic ring is 1. The number of nitrogens with one attached hydrogen (secondary N) is 1. The van der Waals surface area contributed by atoms with E-state index < -0.39 is 0 Å². The van der Waals surface area contributed by atoms with E-state index in [2.05, 4.69) is 41.2 Å². The van der Waals surface area contributed by atoms with Crippen LogP contribution in [0, 0.1) is 0 Å². The van der Waals surface area contributed by atoms with E-state index in [-0.39, 0.29) is 30.1 Å². The van der Waals surface area contributed by atoms with E-state index in [0.717, 1.165) is 4.47 Å². The highest BCUT2D eigenvalue weighted by Gasteiger charge is 2.20. The number of hydrogen-bond donors (Lipinski definition) is 2. The Hall–Kier alpha value is -3.66. The monoisotopic (exact) mass is 493 g/mol. The lowest BCUT2D eigenvalue weighted by Gasteiger charge is -2.07. The van der Waals surface area contributed by atoms with Gasteiger partial charge in [0.05, 0.1) is 23.9 Å². The first kappa shape index (κ1) is 21.6. The van der Waals surface area contributed by atoms with Crippen molar-refractivity contribution in [3.05, 3.63) is 70.5 Å². The second-order valence-electron chi connectivity index (χ2n) is 7.49. The highest BCUT2D eigenvalue weighted by Crippen LogP contribution is 2.26. The number of rotatable bonds is 6. The summed E-state index contributed by atoms with van der Waals surface area (Å²) in [7, 11) is 0. The standard InChI is InChI=1S/C22H20BrN7O2/c1-12(2)30-11-18(17-10-27-22(24)29-21(17)30)20(32)13-5-16(9-25-7-13)28-19(31)6-15-4-3-14(23)8-26-15/h3-5,7-12H,6H2,1-2H3,(H,28,31)(H2,24,27,29). The molecule has 9 nitrogen and oxygen atoms in total. The minimum absolute atomic E-state index is 0.0734. The van der Waals surface area contributed by atoms with Crippen molar-refractivity contribution in [2.45, 2.75) is 26.3 Å². The highest BCUT2D eigenvalue weighted by molar-refractivity contribution is 9.10. The first-order valence-electron chi connectivity index (χ1n) is 9.85. The van der Waals surface area contributed by atoms with Crippen LogP contribution in [0.4, 0.5) is 11.6 Å². The zero-order valence-electron chi connectivity index (χ0n) is 17.4. The van der Waals surface area contributed by atoms with Crippen molar-refractivity contribution in [3.63, 3.8) is 0 Å². The number of nitrogens with zero attached hydrogens (tertiary/aromatic N) is 5. The molecule has 0 saturated heterocycles. The number of amides is 1. The Labute approximate surface area is 192 Å². The molecule has 10 heteroatoms. The molecule has 4 aromatic heterocycles. The van der Waals surface area contributed by atoms with Crippen LogP contribution in [0.5, 0.6) is 0 Å². The van der Waals surface area contributed by atoms with Gasteiger partial charge in [0, 0.05) is 51.9 Å². The fourth-order valence-electron chi connectivity index (χ4n) is 3.29. The summed E-state index contributed by atoms with van der Waals surface area (Å²) in [6.07, 6.45) is 7.99. The van der Waals surface area contributed by atoms with Gasteiger partial charge in [-0.1, -0.05) is 0 Å². The maximum atomic E-state index is 13.3. The normalized spacial score (nSPS) is 11.1. The number of anilines is 2. The molecule has 0 aliphatic heterocycles. The number of carbonyl (C=O) groups excluding carboxylic acids is 2. The second-order valence-corrected chi connectivity index (χ2v) is 8.41. The SMILES string of the molecule is CC(C)n1cc(C(=O)c2cncc(NC(=O)Cc3ccc(Br)cn3)c2)c2cnc(N)nc21. The third-order valence-electron chi connectivity index (χ3n) is 4.81. The minimum Gasteiger partial charge on any atom is -0.368 e. The van der Waals surface area contributed by atoms with Crippen molar-refractivity contribution in [2.24, 2.45) is 0 Å². The third-order valence-corrected chi connectivity index (χ3v) is 5.27. The molecule has 1 amide bonds. The van der Waals surface area contributed by atoms with Crippen LogP contribution >= 0.6 is 15.9 Å². The Morgan fingerprint density at radius 1 is 1.16 bits per heavy atom. The average Bonchev–Trinajstić information content (AvgIpc) is 3.14. The Bertz CT molecular complexity index is 1320. The number of ketones is 1. The van der Waals surface area contributed by atoms with Gasteiger partial charge in [0.2, 0.25) is 11.9 Å². The van der Waals surface area contributed by atoms with Crippen LogP contribution in [-0.2, 0) is 11.2 Å². The largest absolute Gasteiger partial charge is 0.368 e. The van der Waals surface area contributed by atoms with Gasteiger partial charge in [-0.15, -0.1) is 0 Å². The number of carbonyl (C=O) groups is 2. The molecular weight excluding hydrogens is 474 g/mol. The van der Waals surface area contributed by atoms with Gasteiger partial charge in [0.1, 0.15) is 5.65 Å². The molecule has 0 atom stereocenters. The molecule has 32 heavy (non-hydrogen) atoms. The quantitative estimate of drug-likeness (QED) is 0.392. The van der Waals surface area contributed by atoms with E-state index in [9.17, 15) is 9.59 Å². The zero-order valence-corrected chi connectivity index (χ0v) is 19.0. The van der Waals surface area contributed by atoms with Crippen molar-refractivity contribution in [1.82, 2.24) is 24.5 Å². The van der Waals surface area contributed by atoms with Crippen molar-refractivity contribution >= 4 is 50.3 Å². The molecule has 4 heterocycles. The summed E-state index contributed by atoms with van der Waals surface area (Å²) in [4.78, 5) is 42.3. The highest BCUT2D eigenvalue weighted by atomic mass is 79.9. The van der Waals surface area contributed by atoms with Crippen molar-refractivity contribution in [1.29, 1.82) is 0 Å². The fraction of sp³-hybridized carbons (Fsp3) is 0.182. The van der Waals surface area contributed by atoms with Gasteiger partial charge in [-0.3, -0.25) is 19.6 Å². The molecule has 4 rings (SSSR count). The number of nitrogens with two attached hydrogens (primary N) is 1. The summed E-state index contributed by atoms with van der Waals surface area (Å²) in [5, 5.41) is 3.37. The van der Waals surface area contributed by atoms with Crippen molar-refractivity contribution < 1.29 is 9.59 Å². The molecular formula is C22H20BrN7O2. The van der Waals surface area contributed by atoms with Gasteiger partial charge in [-0.2, -0.15) is 4.98 Å². The lowest BCUT2D eigenvalue weighted by atomic mass is 10.1. The smallest absolute Gasteiger partial charge is 0.230 e. The molecule has 0 aliphatic rings. The van der Waals surface area contributed by atoms with Gasteiger partial charge in [-0.25, -0.2) is 4.98 Å². The summed E-state index contributed by atoms with van der Waals surface area (Å²) in [6.45, 7) is 3.98. The Morgan fingerprint density at radius 2 is 1.97 bits per heavy atom. The van der Waals surface area contributed by atoms with Crippen molar-refractivity contribution in [3.8, 4) is 0 Å². The first-order chi connectivity index (χ1) is 15.3. The van der Waals surface area contributed by atoms with E-state index in [1.165, 1.54) is 12.4 Å². The maximum Gasteiger partial charge on any atom is 0.230 e. The van der Waals surface area contributed by atoms with Crippen molar-refractivity contribution in [2.75, 3.05) is 11.1 Å². The average molecular weight is 494 g/mol. The number of halogens is 1. The van der Waals surface area contributed by atoms with Gasteiger partial charge in [0.15, 0.2) is 5.78 Å². The van der Waals surface area contributed by atoms with Crippen LogP contribution in [0.2, 0.25) is 0 Å². The third kappa shape index (κ3) is 4.50. The lowest BCUT2D eigenvalue weighted by molar-refractivity contribution is -0.115. The van der Waals surface area contributed by atoms with Gasteiger partial charge in [-0.05, 0) is 48.0 Å². The van der Waals surface area contributed by atoms with Gasteiger partial charge >= 0.3 is 0 Å². The van der Waals surface area contributed by atoms with E-state index >= 15 is 0 Å². The summed E-state index contributed by atoms with van der Waals surface area (Å²) in [5.74, 6) is -0.365. The van der Waals surface area contributed by atoms with Crippen LogP contribution in [-0.4, -0.2) is 36.2 Å². The lowest BCUT2D eigenvalue weighted by Crippen LogP contribution is -2.15.